The molecule has 1 unspecified atom stereocenters. The van der Waals surface area contributed by atoms with Crippen LogP contribution in [0.3, 0.4) is 0 Å². The molecule has 0 saturated carbocycles. The van der Waals surface area contributed by atoms with Gasteiger partial charge in [0.25, 0.3) is 5.91 Å². The molecule has 0 aliphatic carbocycles. The summed E-state index contributed by atoms with van der Waals surface area (Å²) >= 11 is 0. The third-order valence-electron chi connectivity index (χ3n) is 3.49. The van der Waals surface area contributed by atoms with Crippen LogP contribution in [0.1, 0.15) is 23.2 Å². The molecule has 24 heavy (non-hydrogen) atoms. The summed E-state index contributed by atoms with van der Waals surface area (Å²) < 4.78 is 15.1. The van der Waals surface area contributed by atoms with E-state index in [1.807, 2.05) is 0 Å². The average Bonchev–Trinajstić information content (AvgIpc) is 3.10. The van der Waals surface area contributed by atoms with Crippen molar-refractivity contribution in [3.63, 3.8) is 0 Å². The number of nitrogens with one attached hydrogen (secondary N) is 1. The fraction of sp³-hybridized carbons (Fsp3) is 0.467. The van der Waals surface area contributed by atoms with Gasteiger partial charge in [0.05, 0.1) is 23.7 Å². The number of esters is 1. The third kappa shape index (κ3) is 4.66. The molecule has 0 bridgehead atoms. The van der Waals surface area contributed by atoms with Gasteiger partial charge >= 0.3 is 11.7 Å². The van der Waals surface area contributed by atoms with Crippen LogP contribution in [0.2, 0.25) is 0 Å². The van der Waals surface area contributed by atoms with E-state index in [9.17, 15) is 19.7 Å². The Bertz CT molecular complexity index is 626. The molecule has 9 nitrogen and oxygen atoms in total. The zero-order valence-corrected chi connectivity index (χ0v) is 13.1. The summed E-state index contributed by atoms with van der Waals surface area (Å²) in [6, 6.07) is 3.64. The number of hydrogen-bond acceptors (Lipinski definition) is 7. The quantitative estimate of drug-likeness (QED) is 0.448. The Morgan fingerprint density at radius 3 is 2.88 bits per heavy atom. The first-order valence-electron chi connectivity index (χ1n) is 7.39. The third-order valence-corrected chi connectivity index (χ3v) is 3.49. The molecule has 1 saturated heterocycles. The second kappa shape index (κ2) is 8.25. The lowest BCUT2D eigenvalue weighted by atomic mass is 10.2. The summed E-state index contributed by atoms with van der Waals surface area (Å²) in [6.45, 7) is 0.701. The molecule has 0 radical (unpaired) electrons. The molecular formula is C15H18N2O7. The zero-order valence-electron chi connectivity index (χ0n) is 13.1. The zero-order chi connectivity index (χ0) is 17.5. The van der Waals surface area contributed by atoms with E-state index in [1.165, 1.54) is 19.2 Å². The van der Waals surface area contributed by atoms with Crippen molar-refractivity contribution < 1.29 is 28.7 Å². The number of nitro groups is 1. The van der Waals surface area contributed by atoms with Crippen molar-refractivity contribution in [2.24, 2.45) is 0 Å². The summed E-state index contributed by atoms with van der Waals surface area (Å²) in [6.07, 6.45) is 1.86. The smallest absolute Gasteiger partial charge is 0.338 e. The molecule has 1 N–H and O–H groups in total. The number of carbonyl (C=O) groups excluding carboxylic acids is 2. The van der Waals surface area contributed by atoms with Crippen LogP contribution in [-0.2, 0) is 14.3 Å². The lowest BCUT2D eigenvalue weighted by molar-refractivity contribution is -0.385. The van der Waals surface area contributed by atoms with Crippen LogP contribution in [0, 0.1) is 10.1 Å². The Morgan fingerprint density at radius 1 is 1.46 bits per heavy atom. The molecule has 1 aromatic rings. The Kier molecular flexibility index (Phi) is 6.07. The van der Waals surface area contributed by atoms with E-state index in [-0.39, 0.29) is 24.0 Å². The Morgan fingerprint density at radius 2 is 2.25 bits per heavy atom. The van der Waals surface area contributed by atoms with Gasteiger partial charge in [0, 0.05) is 19.2 Å². The molecule has 1 heterocycles. The number of benzene rings is 1. The minimum atomic E-state index is -0.695. The van der Waals surface area contributed by atoms with Crippen molar-refractivity contribution in [2.75, 3.05) is 26.9 Å². The molecule has 1 atom stereocenters. The maximum Gasteiger partial charge on any atom is 0.338 e. The van der Waals surface area contributed by atoms with Crippen molar-refractivity contribution >= 4 is 17.6 Å². The van der Waals surface area contributed by atoms with Crippen LogP contribution < -0.4 is 10.1 Å². The Hall–Kier alpha value is -2.68. The first-order chi connectivity index (χ1) is 11.5. The first-order valence-corrected chi connectivity index (χ1v) is 7.39. The predicted molar refractivity (Wildman–Crippen MR) is 81.9 cm³/mol. The molecule has 1 aliphatic heterocycles. The number of nitrogens with zero attached hydrogens (tertiary/aromatic N) is 1. The van der Waals surface area contributed by atoms with Crippen LogP contribution in [0.25, 0.3) is 0 Å². The van der Waals surface area contributed by atoms with Gasteiger partial charge in [0.2, 0.25) is 0 Å². The van der Waals surface area contributed by atoms with Crippen molar-refractivity contribution in [2.45, 2.75) is 18.9 Å². The van der Waals surface area contributed by atoms with Crippen molar-refractivity contribution in [3.8, 4) is 5.75 Å². The molecule has 1 aliphatic rings. The van der Waals surface area contributed by atoms with Gasteiger partial charge in [0.1, 0.15) is 0 Å². The monoisotopic (exact) mass is 338 g/mol. The van der Waals surface area contributed by atoms with Gasteiger partial charge in [-0.2, -0.15) is 0 Å². The fourth-order valence-corrected chi connectivity index (χ4v) is 2.25. The van der Waals surface area contributed by atoms with E-state index in [2.05, 4.69) is 10.1 Å². The van der Waals surface area contributed by atoms with Gasteiger partial charge in [-0.1, -0.05) is 0 Å². The Labute approximate surface area is 138 Å². The predicted octanol–water partition coefficient (Wildman–Crippen LogP) is 1.06. The second-order valence-corrected chi connectivity index (χ2v) is 5.16. The number of rotatable bonds is 7. The van der Waals surface area contributed by atoms with Gasteiger partial charge < -0.3 is 19.5 Å². The van der Waals surface area contributed by atoms with E-state index in [0.29, 0.717) is 13.2 Å². The standard InChI is InChI=1S/C15H18N2O7/c1-22-15(19)10-4-5-13(12(7-10)17(20)21)24-9-14(18)16-8-11-3-2-6-23-11/h4-5,7,11H,2-3,6,8-9H2,1H3,(H,16,18). The largest absolute Gasteiger partial charge is 0.477 e. The minimum absolute atomic E-state index is 0.00243. The van der Waals surface area contributed by atoms with Crippen LogP contribution in [0.5, 0.6) is 5.75 Å². The van der Waals surface area contributed by atoms with Crippen molar-refractivity contribution in [1.29, 1.82) is 0 Å². The summed E-state index contributed by atoms with van der Waals surface area (Å²) in [5, 5.41) is 13.7. The van der Waals surface area contributed by atoms with E-state index in [0.717, 1.165) is 18.9 Å². The van der Waals surface area contributed by atoms with Crippen molar-refractivity contribution in [3.05, 3.63) is 33.9 Å². The molecule has 1 amide bonds. The lowest BCUT2D eigenvalue weighted by Gasteiger charge is -2.11. The van der Waals surface area contributed by atoms with E-state index in [4.69, 9.17) is 9.47 Å². The molecule has 0 spiro atoms. The van der Waals surface area contributed by atoms with Gasteiger partial charge in [-0.15, -0.1) is 0 Å². The minimum Gasteiger partial charge on any atom is -0.477 e. The topological polar surface area (TPSA) is 117 Å². The molecular weight excluding hydrogens is 320 g/mol. The highest BCUT2D eigenvalue weighted by Crippen LogP contribution is 2.28. The highest BCUT2D eigenvalue weighted by molar-refractivity contribution is 5.90. The summed E-state index contributed by atoms with van der Waals surface area (Å²) in [5.74, 6) is -1.20. The lowest BCUT2D eigenvalue weighted by Crippen LogP contribution is -2.35. The summed E-state index contributed by atoms with van der Waals surface area (Å²) in [4.78, 5) is 33.6. The van der Waals surface area contributed by atoms with Crippen LogP contribution in [-0.4, -0.2) is 49.8 Å². The van der Waals surface area contributed by atoms with Crippen LogP contribution in [0.4, 0.5) is 5.69 Å². The molecule has 1 fully saturated rings. The highest BCUT2D eigenvalue weighted by Gasteiger charge is 2.20. The van der Waals surface area contributed by atoms with Crippen molar-refractivity contribution in [1.82, 2.24) is 5.32 Å². The second-order valence-electron chi connectivity index (χ2n) is 5.16. The van der Waals surface area contributed by atoms with Gasteiger partial charge in [-0.3, -0.25) is 14.9 Å². The van der Waals surface area contributed by atoms with E-state index < -0.39 is 22.5 Å². The average molecular weight is 338 g/mol. The molecule has 9 heteroatoms. The fourth-order valence-electron chi connectivity index (χ4n) is 2.25. The highest BCUT2D eigenvalue weighted by atomic mass is 16.6. The number of nitro benzene ring substituents is 1. The molecule has 0 aromatic heterocycles. The SMILES string of the molecule is COC(=O)c1ccc(OCC(=O)NCC2CCCO2)c([N+](=O)[O-])c1. The summed E-state index contributed by atoms with van der Waals surface area (Å²) in [7, 11) is 1.18. The molecule has 130 valence electrons. The normalized spacial score (nSPS) is 16.5. The van der Waals surface area contributed by atoms with Gasteiger partial charge in [0.15, 0.2) is 12.4 Å². The van der Waals surface area contributed by atoms with Crippen LogP contribution in [0.15, 0.2) is 18.2 Å². The molecule has 2 rings (SSSR count). The first kappa shape index (κ1) is 17.7. The number of carbonyl (C=O) groups is 2. The number of amides is 1. The van der Waals surface area contributed by atoms with E-state index in [1.54, 1.807) is 0 Å². The summed E-state index contributed by atoms with van der Waals surface area (Å²) in [5.41, 5.74) is -0.385. The molecule has 1 aromatic carbocycles. The Balaban J connectivity index is 1.94. The van der Waals surface area contributed by atoms with Gasteiger partial charge in [-0.25, -0.2) is 4.79 Å². The van der Waals surface area contributed by atoms with E-state index >= 15 is 0 Å². The van der Waals surface area contributed by atoms with Crippen LogP contribution >= 0.6 is 0 Å². The maximum atomic E-state index is 11.7. The maximum absolute atomic E-state index is 11.7. The number of ether oxygens (including phenoxy) is 3. The number of methoxy groups -OCH3 is 1. The number of hydrogen-bond donors (Lipinski definition) is 1. The van der Waals surface area contributed by atoms with Gasteiger partial charge in [-0.05, 0) is 25.0 Å².